The van der Waals surface area contributed by atoms with E-state index in [4.69, 9.17) is 14.2 Å². The van der Waals surface area contributed by atoms with Crippen molar-refractivity contribution in [3.05, 3.63) is 42.5 Å². The van der Waals surface area contributed by atoms with E-state index in [1.54, 1.807) is 19.2 Å². The van der Waals surface area contributed by atoms with Crippen LogP contribution < -0.4 is 19.5 Å². The quantitative estimate of drug-likeness (QED) is 0.644. The maximum atomic E-state index is 12.1. The molecule has 26 heavy (non-hydrogen) atoms. The zero-order valence-electron chi connectivity index (χ0n) is 14.7. The van der Waals surface area contributed by atoms with Crippen LogP contribution in [0.15, 0.2) is 42.5 Å². The van der Waals surface area contributed by atoms with Crippen LogP contribution in [0.25, 0.3) is 10.2 Å². The molecule has 1 aromatic heterocycles. The van der Waals surface area contributed by atoms with Crippen LogP contribution in [-0.2, 0) is 4.79 Å². The predicted molar refractivity (Wildman–Crippen MR) is 103 cm³/mol. The molecule has 0 aliphatic heterocycles. The van der Waals surface area contributed by atoms with E-state index in [1.165, 1.54) is 11.3 Å². The number of ether oxygens (including phenoxy) is 3. The zero-order valence-corrected chi connectivity index (χ0v) is 15.5. The molecule has 0 spiro atoms. The Labute approximate surface area is 155 Å². The molecule has 0 saturated heterocycles. The third-order valence-corrected chi connectivity index (χ3v) is 4.44. The molecule has 6 nitrogen and oxygen atoms in total. The number of nitrogens with zero attached hydrogens (tertiary/aromatic N) is 1. The van der Waals surface area contributed by atoms with Gasteiger partial charge in [-0.3, -0.25) is 10.1 Å². The summed E-state index contributed by atoms with van der Waals surface area (Å²) in [4.78, 5) is 16.5. The fourth-order valence-corrected chi connectivity index (χ4v) is 3.15. The van der Waals surface area contributed by atoms with Gasteiger partial charge in [0.25, 0.3) is 5.91 Å². The second-order valence-electron chi connectivity index (χ2n) is 5.51. The molecular weight excluding hydrogens is 352 g/mol. The second kappa shape index (κ2) is 8.53. The summed E-state index contributed by atoms with van der Waals surface area (Å²) in [6.45, 7) is 2.64. The summed E-state index contributed by atoms with van der Waals surface area (Å²) >= 11 is 1.39. The highest BCUT2D eigenvalue weighted by Gasteiger charge is 2.09. The molecule has 0 saturated carbocycles. The number of aromatic nitrogens is 1. The molecule has 7 heteroatoms. The van der Waals surface area contributed by atoms with Crippen LogP contribution in [0.3, 0.4) is 0 Å². The Balaban J connectivity index is 1.54. The topological polar surface area (TPSA) is 69.7 Å². The summed E-state index contributed by atoms with van der Waals surface area (Å²) in [5, 5.41) is 3.29. The van der Waals surface area contributed by atoms with Gasteiger partial charge in [-0.1, -0.05) is 18.3 Å². The maximum Gasteiger partial charge on any atom is 0.264 e. The molecule has 1 N–H and O–H groups in total. The number of benzene rings is 2. The van der Waals surface area contributed by atoms with Gasteiger partial charge in [0.2, 0.25) is 0 Å². The van der Waals surface area contributed by atoms with E-state index in [-0.39, 0.29) is 12.5 Å². The number of nitrogens with one attached hydrogen (secondary N) is 1. The average molecular weight is 372 g/mol. The van der Waals surface area contributed by atoms with Crippen LogP contribution in [0.1, 0.15) is 13.3 Å². The van der Waals surface area contributed by atoms with Gasteiger partial charge in [-0.15, -0.1) is 0 Å². The van der Waals surface area contributed by atoms with Crippen molar-refractivity contribution in [1.82, 2.24) is 4.98 Å². The van der Waals surface area contributed by atoms with E-state index >= 15 is 0 Å². The largest absolute Gasteiger partial charge is 0.497 e. The summed E-state index contributed by atoms with van der Waals surface area (Å²) < 4.78 is 17.1. The molecule has 0 atom stereocenters. The van der Waals surface area contributed by atoms with E-state index in [1.807, 2.05) is 30.3 Å². The third-order valence-electron chi connectivity index (χ3n) is 3.51. The zero-order chi connectivity index (χ0) is 18.4. The second-order valence-corrected chi connectivity index (χ2v) is 6.54. The first-order chi connectivity index (χ1) is 12.7. The van der Waals surface area contributed by atoms with Crippen LogP contribution in [0.2, 0.25) is 0 Å². The van der Waals surface area contributed by atoms with Crippen LogP contribution >= 0.6 is 11.3 Å². The minimum absolute atomic E-state index is 0.0889. The van der Waals surface area contributed by atoms with Crippen molar-refractivity contribution in [3.8, 4) is 17.2 Å². The first kappa shape index (κ1) is 18.0. The molecule has 0 aliphatic carbocycles. The number of amides is 1. The first-order valence-electron chi connectivity index (χ1n) is 8.28. The molecule has 3 aromatic rings. The predicted octanol–water partition coefficient (Wildman–Crippen LogP) is 4.11. The average Bonchev–Trinajstić information content (AvgIpc) is 3.06. The Morgan fingerprint density at radius 2 is 1.77 bits per heavy atom. The maximum absolute atomic E-state index is 12.1. The smallest absolute Gasteiger partial charge is 0.264 e. The number of hydrogen-bond acceptors (Lipinski definition) is 6. The molecule has 1 amide bonds. The number of carbonyl (C=O) groups is 1. The van der Waals surface area contributed by atoms with Crippen molar-refractivity contribution in [2.45, 2.75) is 13.3 Å². The molecule has 136 valence electrons. The molecule has 2 aromatic carbocycles. The lowest BCUT2D eigenvalue weighted by Gasteiger charge is -2.07. The fraction of sp³-hybridized carbons (Fsp3) is 0.263. The minimum atomic E-state index is -0.262. The highest BCUT2D eigenvalue weighted by Crippen LogP contribution is 2.29. The Kier molecular flexibility index (Phi) is 5.91. The van der Waals surface area contributed by atoms with E-state index < -0.39 is 0 Å². The van der Waals surface area contributed by atoms with E-state index in [0.29, 0.717) is 17.5 Å². The van der Waals surface area contributed by atoms with Gasteiger partial charge in [0.15, 0.2) is 11.7 Å². The van der Waals surface area contributed by atoms with E-state index in [0.717, 1.165) is 28.1 Å². The summed E-state index contributed by atoms with van der Waals surface area (Å²) in [7, 11) is 1.62. The van der Waals surface area contributed by atoms with Gasteiger partial charge in [0.05, 0.1) is 23.9 Å². The van der Waals surface area contributed by atoms with Crippen molar-refractivity contribution in [1.29, 1.82) is 0 Å². The molecule has 0 radical (unpaired) electrons. The minimum Gasteiger partial charge on any atom is -0.497 e. The van der Waals surface area contributed by atoms with Gasteiger partial charge < -0.3 is 14.2 Å². The molecule has 0 aliphatic rings. The lowest BCUT2D eigenvalue weighted by atomic mass is 10.3. The number of methoxy groups -OCH3 is 1. The van der Waals surface area contributed by atoms with Crippen LogP contribution in [0.4, 0.5) is 5.13 Å². The summed E-state index contributed by atoms with van der Waals surface area (Å²) in [5.41, 5.74) is 0.815. The fourth-order valence-electron chi connectivity index (χ4n) is 2.24. The van der Waals surface area contributed by atoms with Crippen LogP contribution in [0, 0.1) is 0 Å². The Morgan fingerprint density at radius 1 is 1.08 bits per heavy atom. The van der Waals surface area contributed by atoms with E-state index in [2.05, 4.69) is 17.2 Å². The molecule has 1 heterocycles. The molecule has 0 fully saturated rings. The van der Waals surface area contributed by atoms with Gasteiger partial charge >= 0.3 is 0 Å². The lowest BCUT2D eigenvalue weighted by Crippen LogP contribution is -2.19. The van der Waals surface area contributed by atoms with Crippen molar-refractivity contribution < 1.29 is 19.0 Å². The Bertz CT molecular complexity index is 877. The van der Waals surface area contributed by atoms with Gasteiger partial charge in [-0.05, 0) is 48.9 Å². The number of anilines is 1. The normalized spacial score (nSPS) is 10.5. The van der Waals surface area contributed by atoms with Crippen molar-refractivity contribution >= 4 is 32.6 Å². The molecular formula is C19H20N2O4S. The highest BCUT2D eigenvalue weighted by molar-refractivity contribution is 7.22. The number of rotatable bonds is 8. The first-order valence-corrected chi connectivity index (χ1v) is 9.09. The number of thiazole rings is 1. The summed E-state index contributed by atoms with van der Waals surface area (Å²) in [6.07, 6.45) is 0.955. The lowest BCUT2D eigenvalue weighted by molar-refractivity contribution is -0.118. The number of hydrogen-bond donors (Lipinski definition) is 1. The van der Waals surface area contributed by atoms with E-state index in [9.17, 15) is 4.79 Å². The van der Waals surface area contributed by atoms with Crippen LogP contribution in [0.5, 0.6) is 17.2 Å². The van der Waals surface area contributed by atoms with Gasteiger partial charge in [-0.25, -0.2) is 4.98 Å². The Morgan fingerprint density at radius 3 is 2.46 bits per heavy atom. The molecule has 0 unspecified atom stereocenters. The standard InChI is InChI=1S/C19H20N2O4S/c1-3-10-24-13-4-6-14(7-5-13)25-12-18(22)21-19-20-16-9-8-15(23-2)11-17(16)26-19/h4-9,11H,3,10,12H2,1-2H3,(H,20,21,22). The van der Waals surface area contributed by atoms with Crippen LogP contribution in [-0.4, -0.2) is 31.2 Å². The number of carbonyl (C=O) groups excluding carboxylic acids is 1. The van der Waals surface area contributed by atoms with Gasteiger partial charge in [0, 0.05) is 0 Å². The highest BCUT2D eigenvalue weighted by atomic mass is 32.1. The molecule has 3 rings (SSSR count). The molecule has 0 bridgehead atoms. The summed E-state index contributed by atoms with van der Waals surface area (Å²) in [6, 6.07) is 12.8. The summed E-state index contributed by atoms with van der Waals surface area (Å²) in [5.74, 6) is 1.89. The number of fused-ring (bicyclic) bond motifs is 1. The SMILES string of the molecule is CCCOc1ccc(OCC(=O)Nc2nc3ccc(OC)cc3s2)cc1. The van der Waals surface area contributed by atoms with Gasteiger partial charge in [0.1, 0.15) is 17.2 Å². The van der Waals surface area contributed by atoms with Crippen molar-refractivity contribution in [3.63, 3.8) is 0 Å². The van der Waals surface area contributed by atoms with Gasteiger partial charge in [-0.2, -0.15) is 0 Å². The monoisotopic (exact) mass is 372 g/mol. The third kappa shape index (κ3) is 4.64. The van der Waals surface area contributed by atoms with Crippen molar-refractivity contribution in [2.24, 2.45) is 0 Å². The Hall–Kier alpha value is -2.80. The van der Waals surface area contributed by atoms with Crippen molar-refractivity contribution in [2.75, 3.05) is 25.6 Å².